The van der Waals surface area contributed by atoms with Crippen molar-refractivity contribution in [3.8, 4) is 0 Å². The number of imidazole rings is 1. The molecule has 2 aromatic carbocycles. The zero-order valence-corrected chi connectivity index (χ0v) is 16.1. The molecule has 0 aliphatic carbocycles. The molecule has 6 heteroatoms. The van der Waals surface area contributed by atoms with Crippen LogP contribution in [0.4, 0.5) is 4.39 Å². The van der Waals surface area contributed by atoms with Gasteiger partial charge < -0.3 is 14.9 Å². The maximum atomic E-state index is 13.6. The zero-order chi connectivity index (χ0) is 19.7. The van der Waals surface area contributed by atoms with Gasteiger partial charge in [0.1, 0.15) is 11.6 Å². The van der Waals surface area contributed by atoms with Gasteiger partial charge in [-0.1, -0.05) is 12.1 Å². The first-order valence-electron chi connectivity index (χ1n) is 9.45. The summed E-state index contributed by atoms with van der Waals surface area (Å²) in [7, 11) is 1.81. The number of aromatic nitrogens is 3. The van der Waals surface area contributed by atoms with Crippen LogP contribution in [0.25, 0.3) is 21.9 Å². The number of benzene rings is 2. The molecule has 2 aromatic heterocycles. The second kappa shape index (κ2) is 7.46. The molecular weight excluding hydrogens is 355 g/mol. The number of amides is 1. The van der Waals surface area contributed by atoms with E-state index in [-0.39, 0.29) is 18.1 Å². The van der Waals surface area contributed by atoms with E-state index in [1.807, 2.05) is 38.2 Å². The summed E-state index contributed by atoms with van der Waals surface area (Å²) in [5, 5.41) is 0.779. The lowest BCUT2D eigenvalue weighted by molar-refractivity contribution is -0.129. The lowest BCUT2D eigenvalue weighted by Gasteiger charge is -2.17. The van der Waals surface area contributed by atoms with Crippen LogP contribution in [0.1, 0.15) is 23.5 Å². The minimum absolute atomic E-state index is 0.0258. The van der Waals surface area contributed by atoms with Crippen LogP contribution in [-0.4, -0.2) is 39.4 Å². The Labute approximate surface area is 162 Å². The molecule has 5 nitrogen and oxygen atoms in total. The van der Waals surface area contributed by atoms with Crippen molar-refractivity contribution in [3.63, 3.8) is 0 Å². The number of H-pyrrole nitrogens is 2. The number of hydrogen-bond donors (Lipinski definition) is 2. The highest BCUT2D eigenvalue weighted by Crippen LogP contribution is 2.24. The van der Waals surface area contributed by atoms with Crippen LogP contribution < -0.4 is 0 Å². The van der Waals surface area contributed by atoms with Gasteiger partial charge in [0, 0.05) is 36.6 Å². The van der Waals surface area contributed by atoms with Crippen molar-refractivity contribution in [2.24, 2.45) is 0 Å². The number of fused-ring (bicyclic) bond motifs is 2. The van der Waals surface area contributed by atoms with E-state index in [4.69, 9.17) is 0 Å². The molecule has 4 rings (SSSR count). The van der Waals surface area contributed by atoms with E-state index in [1.54, 1.807) is 11.0 Å². The third-order valence-electron chi connectivity index (χ3n) is 5.18. The van der Waals surface area contributed by atoms with Gasteiger partial charge in [-0.25, -0.2) is 9.37 Å². The van der Waals surface area contributed by atoms with Crippen LogP contribution in [0.2, 0.25) is 0 Å². The maximum Gasteiger partial charge on any atom is 0.226 e. The smallest absolute Gasteiger partial charge is 0.226 e. The number of likely N-dealkylation sites (N-methyl/N-ethyl adjacent to an activating group) is 1. The molecule has 0 bridgehead atoms. The summed E-state index contributed by atoms with van der Waals surface area (Å²) in [5.41, 5.74) is 4.62. The maximum absolute atomic E-state index is 13.6. The van der Waals surface area contributed by atoms with Crippen molar-refractivity contribution in [2.45, 2.75) is 26.2 Å². The van der Waals surface area contributed by atoms with Crippen molar-refractivity contribution in [2.75, 3.05) is 13.6 Å². The van der Waals surface area contributed by atoms with E-state index in [0.29, 0.717) is 6.54 Å². The Morgan fingerprint density at radius 1 is 1.14 bits per heavy atom. The number of para-hydroxylation sites is 2. The van der Waals surface area contributed by atoms with Gasteiger partial charge >= 0.3 is 0 Å². The molecule has 144 valence electrons. The van der Waals surface area contributed by atoms with Crippen molar-refractivity contribution >= 4 is 27.8 Å². The average molecular weight is 378 g/mol. The molecule has 0 saturated carbocycles. The molecule has 1 amide bonds. The van der Waals surface area contributed by atoms with E-state index < -0.39 is 0 Å². The van der Waals surface area contributed by atoms with Crippen LogP contribution in [0, 0.1) is 12.7 Å². The quantitative estimate of drug-likeness (QED) is 0.530. The largest absolute Gasteiger partial charge is 0.358 e. The molecule has 0 spiro atoms. The van der Waals surface area contributed by atoms with Gasteiger partial charge in [-0.05, 0) is 49.2 Å². The van der Waals surface area contributed by atoms with Crippen molar-refractivity contribution in [3.05, 3.63) is 65.4 Å². The number of aromatic amines is 2. The minimum Gasteiger partial charge on any atom is -0.358 e. The minimum atomic E-state index is -0.292. The number of hydrogen-bond acceptors (Lipinski definition) is 2. The Kier molecular flexibility index (Phi) is 4.86. The van der Waals surface area contributed by atoms with Crippen LogP contribution >= 0.6 is 0 Å². The van der Waals surface area contributed by atoms with Gasteiger partial charge in [-0.3, -0.25) is 4.79 Å². The topological polar surface area (TPSA) is 64.8 Å². The summed E-state index contributed by atoms with van der Waals surface area (Å²) in [5.74, 6) is 0.669. The summed E-state index contributed by atoms with van der Waals surface area (Å²) in [6.07, 6.45) is 1.86. The Balaban J connectivity index is 1.37. The van der Waals surface area contributed by atoms with Gasteiger partial charge in [0.25, 0.3) is 0 Å². The highest BCUT2D eigenvalue weighted by atomic mass is 19.1. The van der Waals surface area contributed by atoms with E-state index in [0.717, 1.165) is 51.9 Å². The third-order valence-corrected chi connectivity index (χ3v) is 5.18. The molecule has 0 atom stereocenters. The summed E-state index contributed by atoms with van der Waals surface area (Å²) in [4.78, 5) is 25.5. The molecule has 2 N–H and O–H groups in total. The zero-order valence-electron chi connectivity index (χ0n) is 16.1. The van der Waals surface area contributed by atoms with Gasteiger partial charge in [-0.15, -0.1) is 0 Å². The van der Waals surface area contributed by atoms with Gasteiger partial charge in [0.05, 0.1) is 17.5 Å². The first kappa shape index (κ1) is 18.2. The molecule has 0 aliphatic heterocycles. The first-order chi connectivity index (χ1) is 13.5. The number of rotatable bonds is 6. The van der Waals surface area contributed by atoms with Gasteiger partial charge in [0.15, 0.2) is 0 Å². The van der Waals surface area contributed by atoms with E-state index in [2.05, 4.69) is 15.0 Å². The predicted molar refractivity (Wildman–Crippen MR) is 109 cm³/mol. The van der Waals surface area contributed by atoms with E-state index in [9.17, 15) is 9.18 Å². The summed E-state index contributed by atoms with van der Waals surface area (Å²) in [6.45, 7) is 2.56. The fourth-order valence-electron chi connectivity index (χ4n) is 3.60. The van der Waals surface area contributed by atoms with Gasteiger partial charge in [0.2, 0.25) is 5.91 Å². The van der Waals surface area contributed by atoms with E-state index >= 15 is 0 Å². The van der Waals surface area contributed by atoms with Gasteiger partial charge in [-0.2, -0.15) is 0 Å². The summed E-state index contributed by atoms with van der Waals surface area (Å²) < 4.78 is 13.6. The second-order valence-electron chi connectivity index (χ2n) is 7.21. The molecule has 28 heavy (non-hydrogen) atoms. The molecule has 0 radical (unpaired) electrons. The van der Waals surface area contributed by atoms with Crippen molar-refractivity contribution in [1.29, 1.82) is 0 Å². The lowest BCUT2D eigenvalue weighted by Crippen LogP contribution is -2.29. The fourth-order valence-corrected chi connectivity index (χ4v) is 3.60. The number of carbonyl (C=O) groups excluding carboxylic acids is 1. The normalized spacial score (nSPS) is 11.4. The first-order valence-corrected chi connectivity index (χ1v) is 9.45. The molecular formula is C22H23FN4O. The standard InChI is InChI=1S/C22H23FN4O/c1-14-16(17-12-15(23)9-10-18(17)24-14)13-22(28)27(2)11-5-8-21-25-19-6-3-4-7-20(19)26-21/h3-4,6-7,9-10,12,24H,5,8,11,13H2,1-2H3,(H,25,26). The molecule has 0 saturated heterocycles. The average Bonchev–Trinajstić information content (AvgIpc) is 3.22. The van der Waals surface area contributed by atoms with Crippen LogP contribution in [-0.2, 0) is 17.6 Å². The highest BCUT2D eigenvalue weighted by molar-refractivity contribution is 5.90. The second-order valence-corrected chi connectivity index (χ2v) is 7.21. The van der Waals surface area contributed by atoms with E-state index in [1.165, 1.54) is 12.1 Å². The highest BCUT2D eigenvalue weighted by Gasteiger charge is 2.16. The molecule has 0 aliphatic rings. The summed E-state index contributed by atoms with van der Waals surface area (Å²) in [6, 6.07) is 12.6. The Bertz CT molecular complexity index is 1110. The monoisotopic (exact) mass is 378 g/mol. The molecule has 2 heterocycles. The Morgan fingerprint density at radius 3 is 2.79 bits per heavy atom. The predicted octanol–water partition coefficient (Wildman–Crippen LogP) is 4.13. The Hall–Kier alpha value is -3.15. The number of aryl methyl sites for hydroxylation is 2. The SMILES string of the molecule is Cc1[nH]c2ccc(F)cc2c1CC(=O)N(C)CCCc1nc2ccccc2[nH]1. The molecule has 0 unspecified atom stereocenters. The van der Waals surface area contributed by atoms with Crippen LogP contribution in [0.15, 0.2) is 42.5 Å². The third kappa shape index (κ3) is 3.63. The number of halogens is 1. The summed E-state index contributed by atoms with van der Waals surface area (Å²) >= 11 is 0. The van der Waals surface area contributed by atoms with Crippen LogP contribution in [0.3, 0.4) is 0 Å². The van der Waals surface area contributed by atoms with Crippen molar-refractivity contribution in [1.82, 2.24) is 19.9 Å². The Morgan fingerprint density at radius 2 is 1.96 bits per heavy atom. The molecule has 4 aromatic rings. The number of carbonyl (C=O) groups is 1. The number of nitrogens with one attached hydrogen (secondary N) is 2. The van der Waals surface area contributed by atoms with Crippen LogP contribution in [0.5, 0.6) is 0 Å². The fraction of sp³-hybridized carbons (Fsp3) is 0.273. The lowest BCUT2D eigenvalue weighted by atomic mass is 10.1. The van der Waals surface area contributed by atoms with Crippen molar-refractivity contribution < 1.29 is 9.18 Å². The number of nitrogens with zero attached hydrogens (tertiary/aromatic N) is 2. The molecule has 0 fully saturated rings.